The Kier molecular flexibility index (Phi) is 6.87. The number of carbonyl (C=O) groups is 1. The zero-order chi connectivity index (χ0) is 23.3. The van der Waals surface area contributed by atoms with E-state index in [0.717, 1.165) is 24.0 Å². The van der Waals surface area contributed by atoms with Crippen molar-refractivity contribution in [1.29, 1.82) is 5.26 Å². The first-order valence-electron chi connectivity index (χ1n) is 11.2. The third kappa shape index (κ3) is 4.68. The minimum Gasteiger partial charge on any atom is -0.493 e. The topological polar surface area (TPSA) is 81.0 Å². The average Bonchev–Trinajstić information content (AvgIpc) is 3.68. The van der Waals surface area contributed by atoms with E-state index in [-0.39, 0.29) is 19.4 Å². The molecule has 0 amide bonds. The lowest BCUT2D eigenvalue weighted by Crippen LogP contribution is -2.51. The summed E-state index contributed by atoms with van der Waals surface area (Å²) in [7, 11) is 3.14. The molecule has 4 rings (SSSR count). The van der Waals surface area contributed by atoms with Crippen LogP contribution in [0.1, 0.15) is 36.8 Å². The predicted molar refractivity (Wildman–Crippen MR) is 122 cm³/mol. The van der Waals surface area contributed by atoms with E-state index in [2.05, 4.69) is 11.0 Å². The van der Waals surface area contributed by atoms with Gasteiger partial charge in [0.2, 0.25) is 0 Å². The minimum absolute atomic E-state index is 0.0980. The van der Waals surface area contributed by atoms with Crippen LogP contribution in [0.5, 0.6) is 11.5 Å². The molecule has 33 heavy (non-hydrogen) atoms. The van der Waals surface area contributed by atoms with Crippen LogP contribution in [0, 0.1) is 11.3 Å². The van der Waals surface area contributed by atoms with E-state index in [1.54, 1.807) is 14.2 Å². The van der Waals surface area contributed by atoms with Crippen LogP contribution < -0.4 is 9.47 Å². The maximum Gasteiger partial charge on any atom is 0.326 e. The summed E-state index contributed by atoms with van der Waals surface area (Å²) in [6.07, 6.45) is 2.87. The number of likely N-dealkylation sites (tertiary alicyclic amines) is 1. The van der Waals surface area contributed by atoms with Crippen molar-refractivity contribution in [2.24, 2.45) is 0 Å². The van der Waals surface area contributed by atoms with Gasteiger partial charge in [0.25, 0.3) is 0 Å². The van der Waals surface area contributed by atoms with Crippen molar-refractivity contribution in [3.8, 4) is 17.6 Å². The normalized spacial score (nSPS) is 18.7. The van der Waals surface area contributed by atoms with E-state index in [1.165, 1.54) is 0 Å². The Morgan fingerprint density at radius 3 is 2.36 bits per heavy atom. The highest BCUT2D eigenvalue weighted by atomic mass is 16.7. The molecule has 7 nitrogen and oxygen atoms in total. The van der Waals surface area contributed by atoms with Gasteiger partial charge in [0, 0.05) is 20.2 Å². The molecule has 0 N–H and O–H groups in total. The minimum atomic E-state index is -0.641. The van der Waals surface area contributed by atoms with E-state index < -0.39 is 11.0 Å². The predicted octanol–water partition coefficient (Wildman–Crippen LogP) is 3.81. The van der Waals surface area contributed by atoms with Crippen LogP contribution in [0.15, 0.2) is 48.5 Å². The molecule has 1 heterocycles. The summed E-state index contributed by atoms with van der Waals surface area (Å²) >= 11 is 0. The monoisotopic (exact) mass is 450 g/mol. The zero-order valence-corrected chi connectivity index (χ0v) is 19.2. The Morgan fingerprint density at radius 1 is 1.03 bits per heavy atom. The van der Waals surface area contributed by atoms with E-state index in [0.29, 0.717) is 37.4 Å². The van der Waals surface area contributed by atoms with Crippen molar-refractivity contribution in [2.45, 2.75) is 43.2 Å². The molecule has 7 heteroatoms. The summed E-state index contributed by atoms with van der Waals surface area (Å²) in [6.45, 7) is 1.71. The van der Waals surface area contributed by atoms with Crippen molar-refractivity contribution in [3.63, 3.8) is 0 Å². The number of methoxy groups -OCH3 is 2. The number of carbonyl (C=O) groups excluding carboxylic acids is 1. The molecule has 1 saturated heterocycles. The lowest BCUT2D eigenvalue weighted by Gasteiger charge is -2.41. The highest BCUT2D eigenvalue weighted by Crippen LogP contribution is 2.47. The molecule has 0 atom stereocenters. The lowest BCUT2D eigenvalue weighted by atomic mass is 9.73. The van der Waals surface area contributed by atoms with E-state index in [4.69, 9.17) is 18.9 Å². The highest BCUT2D eigenvalue weighted by Gasteiger charge is 2.57. The molecule has 0 aromatic heterocycles. The van der Waals surface area contributed by atoms with Crippen LogP contribution >= 0.6 is 0 Å². The van der Waals surface area contributed by atoms with Crippen molar-refractivity contribution in [1.82, 2.24) is 4.90 Å². The van der Waals surface area contributed by atoms with Gasteiger partial charge in [-0.25, -0.2) is 0 Å². The molecular formula is C26H30N2O5. The summed E-state index contributed by atoms with van der Waals surface area (Å²) in [5.74, 6) is 0.993. The fraction of sp³-hybridized carbons (Fsp3) is 0.462. The maximum absolute atomic E-state index is 12.9. The largest absolute Gasteiger partial charge is 0.493 e. The number of esters is 1. The molecule has 174 valence electrons. The lowest BCUT2D eigenvalue weighted by molar-refractivity contribution is -0.154. The SMILES string of the molecule is COCOc1cc(C2(C#N)CCN(C3(C(=O)OCc4ccccc4)CC3)CC2)ccc1OC. The van der Waals surface area contributed by atoms with E-state index in [9.17, 15) is 10.1 Å². The second-order valence-electron chi connectivity index (χ2n) is 8.69. The number of hydrogen-bond acceptors (Lipinski definition) is 7. The molecule has 0 unspecified atom stereocenters. The van der Waals surface area contributed by atoms with Gasteiger partial charge in [-0.05, 0) is 48.9 Å². The van der Waals surface area contributed by atoms with Crippen molar-refractivity contribution in [3.05, 3.63) is 59.7 Å². The first kappa shape index (κ1) is 23.1. The van der Waals surface area contributed by atoms with Crippen molar-refractivity contribution >= 4 is 5.97 Å². The second kappa shape index (κ2) is 9.82. The highest BCUT2D eigenvalue weighted by molar-refractivity contribution is 5.84. The summed E-state index contributed by atoms with van der Waals surface area (Å²) in [4.78, 5) is 15.2. The van der Waals surface area contributed by atoms with Gasteiger partial charge >= 0.3 is 5.97 Å². The van der Waals surface area contributed by atoms with Gasteiger partial charge in [-0.15, -0.1) is 0 Å². The molecule has 1 aliphatic carbocycles. The molecule has 2 fully saturated rings. The molecule has 1 aliphatic heterocycles. The number of benzene rings is 2. The van der Waals surface area contributed by atoms with Crippen LogP contribution in [-0.2, 0) is 26.3 Å². The number of hydrogen-bond donors (Lipinski definition) is 0. The summed E-state index contributed by atoms with van der Waals surface area (Å²) in [5.41, 5.74) is 0.698. The molecule has 0 bridgehead atoms. The summed E-state index contributed by atoms with van der Waals surface area (Å²) in [5, 5.41) is 10.2. The molecule has 2 aromatic rings. The van der Waals surface area contributed by atoms with Gasteiger partial charge in [0.15, 0.2) is 18.3 Å². The van der Waals surface area contributed by atoms with Gasteiger partial charge in [-0.1, -0.05) is 36.4 Å². The fourth-order valence-corrected chi connectivity index (χ4v) is 4.62. The van der Waals surface area contributed by atoms with Gasteiger partial charge in [0.1, 0.15) is 12.1 Å². The van der Waals surface area contributed by atoms with Crippen LogP contribution in [0.4, 0.5) is 0 Å². The summed E-state index contributed by atoms with van der Waals surface area (Å²) < 4.78 is 21.7. The Balaban J connectivity index is 1.43. The van der Waals surface area contributed by atoms with Crippen molar-refractivity contribution < 1.29 is 23.7 Å². The molecule has 1 saturated carbocycles. The van der Waals surface area contributed by atoms with Gasteiger partial charge in [-0.2, -0.15) is 5.26 Å². The Labute approximate surface area is 194 Å². The van der Waals surface area contributed by atoms with Gasteiger partial charge < -0.3 is 18.9 Å². The van der Waals surface area contributed by atoms with Gasteiger partial charge in [-0.3, -0.25) is 9.69 Å². The standard InChI is InChI=1S/C26H30N2O5/c1-30-19-33-23-16-21(8-9-22(23)31-2)25(18-27)12-14-28(15-13-25)26(10-11-26)24(29)32-17-20-6-4-3-5-7-20/h3-9,16H,10-15,17,19H2,1-2H3. The molecule has 2 aliphatic rings. The van der Waals surface area contributed by atoms with Crippen LogP contribution in [0.3, 0.4) is 0 Å². The molecular weight excluding hydrogens is 420 g/mol. The maximum atomic E-state index is 12.9. The van der Waals surface area contributed by atoms with Crippen molar-refractivity contribution in [2.75, 3.05) is 34.1 Å². The molecule has 0 spiro atoms. The molecule has 2 aromatic carbocycles. The number of rotatable bonds is 9. The van der Waals surface area contributed by atoms with Crippen LogP contribution in [0.2, 0.25) is 0 Å². The molecule has 0 radical (unpaired) electrons. The Bertz CT molecular complexity index is 1010. The van der Waals surface area contributed by atoms with E-state index in [1.807, 2.05) is 48.5 Å². The smallest absolute Gasteiger partial charge is 0.326 e. The zero-order valence-electron chi connectivity index (χ0n) is 19.2. The third-order valence-electron chi connectivity index (χ3n) is 6.80. The first-order chi connectivity index (χ1) is 16.1. The van der Waals surface area contributed by atoms with Gasteiger partial charge in [0.05, 0.1) is 18.6 Å². The number of nitriles is 1. The van der Waals surface area contributed by atoms with Crippen LogP contribution in [0.25, 0.3) is 0 Å². The fourth-order valence-electron chi connectivity index (χ4n) is 4.62. The summed E-state index contributed by atoms with van der Waals surface area (Å²) in [6, 6.07) is 17.9. The second-order valence-corrected chi connectivity index (χ2v) is 8.69. The third-order valence-corrected chi connectivity index (χ3v) is 6.80. The number of ether oxygens (including phenoxy) is 4. The first-order valence-corrected chi connectivity index (χ1v) is 11.2. The number of nitrogens with zero attached hydrogens (tertiary/aromatic N) is 2. The van der Waals surface area contributed by atoms with E-state index >= 15 is 0 Å². The number of piperidine rings is 1. The Morgan fingerprint density at radius 2 is 1.76 bits per heavy atom. The average molecular weight is 451 g/mol. The van der Waals surface area contributed by atoms with Crippen LogP contribution in [-0.4, -0.2) is 50.5 Å². The quantitative estimate of drug-likeness (QED) is 0.424. The Hall–Kier alpha value is -3.08.